The van der Waals surface area contributed by atoms with Gasteiger partial charge in [0.25, 0.3) is 0 Å². The lowest BCUT2D eigenvalue weighted by molar-refractivity contribution is 0.339. The molecule has 2 rings (SSSR count). The van der Waals surface area contributed by atoms with Crippen LogP contribution in [0.15, 0.2) is 6.07 Å². The highest BCUT2D eigenvalue weighted by atomic mass is 15.0. The number of hydrogen-bond donors (Lipinski definition) is 1. The third-order valence-corrected chi connectivity index (χ3v) is 3.80. The van der Waals surface area contributed by atoms with Gasteiger partial charge in [0.15, 0.2) is 0 Å². The Hall–Kier alpha value is -1.12. The van der Waals surface area contributed by atoms with Crippen LogP contribution in [0.25, 0.3) is 0 Å². The van der Waals surface area contributed by atoms with Crippen LogP contribution >= 0.6 is 0 Å². The van der Waals surface area contributed by atoms with Crippen LogP contribution < -0.4 is 5.32 Å². The second kappa shape index (κ2) is 5.48. The third-order valence-electron chi connectivity index (χ3n) is 3.80. The Morgan fingerprint density at radius 3 is 2.53 bits per heavy atom. The molecule has 1 aromatic rings. The highest BCUT2D eigenvalue weighted by Gasteiger charge is 2.22. The fourth-order valence-electron chi connectivity index (χ4n) is 2.53. The number of anilines is 1. The van der Waals surface area contributed by atoms with E-state index in [1.165, 1.54) is 25.7 Å². The first-order valence-corrected chi connectivity index (χ1v) is 6.78. The van der Waals surface area contributed by atoms with Gasteiger partial charge in [-0.25, -0.2) is 9.97 Å². The van der Waals surface area contributed by atoms with E-state index in [1.807, 2.05) is 7.05 Å². The van der Waals surface area contributed by atoms with E-state index in [4.69, 9.17) is 4.98 Å². The Balaban J connectivity index is 2.19. The molecule has 0 spiro atoms. The lowest BCUT2D eigenvalue weighted by Crippen LogP contribution is -2.15. The molecule has 1 aliphatic rings. The maximum atomic E-state index is 4.70. The molecule has 1 aliphatic carbocycles. The SMILES string of the molecule is CCc1cc(NC)nc(C2CCC(C)CC2)n1. The molecule has 1 saturated carbocycles. The summed E-state index contributed by atoms with van der Waals surface area (Å²) in [5.41, 5.74) is 1.15. The minimum Gasteiger partial charge on any atom is -0.373 e. The van der Waals surface area contributed by atoms with Crippen molar-refractivity contribution in [3.05, 3.63) is 17.6 Å². The van der Waals surface area contributed by atoms with Gasteiger partial charge in [0.2, 0.25) is 0 Å². The van der Waals surface area contributed by atoms with E-state index in [-0.39, 0.29) is 0 Å². The summed E-state index contributed by atoms with van der Waals surface area (Å²) in [6, 6.07) is 2.05. The van der Waals surface area contributed by atoms with E-state index in [1.54, 1.807) is 0 Å². The average Bonchev–Trinajstić information content (AvgIpc) is 2.39. The zero-order chi connectivity index (χ0) is 12.3. The van der Waals surface area contributed by atoms with Crippen molar-refractivity contribution < 1.29 is 0 Å². The quantitative estimate of drug-likeness (QED) is 0.869. The summed E-state index contributed by atoms with van der Waals surface area (Å²) >= 11 is 0. The Morgan fingerprint density at radius 2 is 1.94 bits per heavy atom. The molecule has 1 aromatic heterocycles. The van der Waals surface area contributed by atoms with Gasteiger partial charge in [-0.15, -0.1) is 0 Å². The van der Waals surface area contributed by atoms with E-state index in [9.17, 15) is 0 Å². The van der Waals surface area contributed by atoms with Crippen LogP contribution in [0.1, 0.15) is 57.0 Å². The number of aromatic nitrogens is 2. The standard InChI is InChI=1S/C14H23N3/c1-4-12-9-13(15-3)17-14(16-12)11-7-5-10(2)6-8-11/h9-11H,4-8H2,1-3H3,(H,15,16,17). The normalized spacial score (nSPS) is 24.6. The van der Waals surface area contributed by atoms with Crippen LogP contribution in [-0.4, -0.2) is 17.0 Å². The van der Waals surface area contributed by atoms with Crippen LogP contribution in [0, 0.1) is 5.92 Å². The maximum Gasteiger partial charge on any atom is 0.134 e. The van der Waals surface area contributed by atoms with Crippen molar-refractivity contribution in [1.82, 2.24) is 9.97 Å². The molecule has 94 valence electrons. The summed E-state index contributed by atoms with van der Waals surface area (Å²) in [6.45, 7) is 4.49. The molecule has 1 heterocycles. The van der Waals surface area contributed by atoms with E-state index < -0.39 is 0 Å². The number of nitrogens with one attached hydrogen (secondary N) is 1. The van der Waals surface area contributed by atoms with Crippen LogP contribution in [0.3, 0.4) is 0 Å². The van der Waals surface area contributed by atoms with Crippen molar-refractivity contribution in [3.63, 3.8) is 0 Å². The average molecular weight is 233 g/mol. The van der Waals surface area contributed by atoms with Gasteiger partial charge in [0.1, 0.15) is 11.6 Å². The lowest BCUT2D eigenvalue weighted by atomic mass is 9.82. The zero-order valence-corrected chi connectivity index (χ0v) is 11.2. The number of hydrogen-bond acceptors (Lipinski definition) is 3. The highest BCUT2D eigenvalue weighted by molar-refractivity contribution is 5.35. The number of nitrogens with zero attached hydrogens (tertiary/aromatic N) is 2. The Kier molecular flexibility index (Phi) is 3.97. The molecular formula is C14H23N3. The van der Waals surface area contributed by atoms with E-state index in [0.717, 1.165) is 29.7 Å². The topological polar surface area (TPSA) is 37.8 Å². The molecule has 0 radical (unpaired) electrons. The molecule has 0 atom stereocenters. The molecule has 0 unspecified atom stereocenters. The molecule has 1 N–H and O–H groups in total. The van der Waals surface area contributed by atoms with Gasteiger partial charge >= 0.3 is 0 Å². The van der Waals surface area contributed by atoms with Crippen molar-refractivity contribution in [2.45, 2.75) is 51.9 Å². The minimum absolute atomic E-state index is 0.574. The molecule has 0 aliphatic heterocycles. The summed E-state index contributed by atoms with van der Waals surface area (Å²) in [6.07, 6.45) is 6.11. The minimum atomic E-state index is 0.574. The zero-order valence-electron chi connectivity index (χ0n) is 11.2. The van der Waals surface area contributed by atoms with Crippen molar-refractivity contribution in [2.75, 3.05) is 12.4 Å². The number of rotatable bonds is 3. The van der Waals surface area contributed by atoms with Gasteiger partial charge in [-0.1, -0.05) is 26.7 Å². The van der Waals surface area contributed by atoms with Crippen LogP contribution in [-0.2, 0) is 6.42 Å². The first-order chi connectivity index (χ1) is 8.22. The number of aryl methyl sites for hydroxylation is 1. The Morgan fingerprint density at radius 1 is 1.24 bits per heavy atom. The van der Waals surface area contributed by atoms with Gasteiger partial charge < -0.3 is 5.32 Å². The van der Waals surface area contributed by atoms with E-state index in [2.05, 4.69) is 30.2 Å². The third kappa shape index (κ3) is 2.96. The highest BCUT2D eigenvalue weighted by Crippen LogP contribution is 2.34. The smallest absolute Gasteiger partial charge is 0.134 e. The molecular weight excluding hydrogens is 210 g/mol. The molecule has 1 fully saturated rings. The monoisotopic (exact) mass is 233 g/mol. The van der Waals surface area contributed by atoms with Gasteiger partial charge in [-0.05, 0) is 25.2 Å². The van der Waals surface area contributed by atoms with Crippen molar-refractivity contribution in [1.29, 1.82) is 0 Å². The molecule has 3 heteroatoms. The summed E-state index contributed by atoms with van der Waals surface area (Å²) in [4.78, 5) is 9.32. The fraction of sp³-hybridized carbons (Fsp3) is 0.714. The largest absolute Gasteiger partial charge is 0.373 e. The fourth-order valence-corrected chi connectivity index (χ4v) is 2.53. The van der Waals surface area contributed by atoms with Gasteiger partial charge in [-0.3, -0.25) is 0 Å². The molecule has 0 saturated heterocycles. The summed E-state index contributed by atoms with van der Waals surface area (Å²) < 4.78 is 0. The molecule has 0 bridgehead atoms. The predicted molar refractivity (Wildman–Crippen MR) is 71.3 cm³/mol. The van der Waals surface area contributed by atoms with Crippen LogP contribution in [0.2, 0.25) is 0 Å². The second-order valence-electron chi connectivity index (χ2n) is 5.16. The molecule has 0 aromatic carbocycles. The van der Waals surface area contributed by atoms with Gasteiger partial charge in [-0.2, -0.15) is 0 Å². The lowest BCUT2D eigenvalue weighted by Gasteiger charge is -2.25. The first-order valence-electron chi connectivity index (χ1n) is 6.78. The summed E-state index contributed by atoms with van der Waals surface area (Å²) in [5, 5.41) is 3.14. The van der Waals surface area contributed by atoms with Crippen molar-refractivity contribution >= 4 is 5.82 Å². The molecule has 17 heavy (non-hydrogen) atoms. The van der Waals surface area contributed by atoms with E-state index >= 15 is 0 Å². The Labute approximate surface area is 104 Å². The Bertz CT molecular complexity index is 345. The van der Waals surface area contributed by atoms with Crippen LogP contribution in [0.5, 0.6) is 0 Å². The predicted octanol–water partition coefficient (Wildman–Crippen LogP) is 3.37. The van der Waals surface area contributed by atoms with Gasteiger partial charge in [0, 0.05) is 24.7 Å². The van der Waals surface area contributed by atoms with Crippen molar-refractivity contribution in [3.8, 4) is 0 Å². The maximum absolute atomic E-state index is 4.70. The van der Waals surface area contributed by atoms with Crippen molar-refractivity contribution in [2.24, 2.45) is 5.92 Å². The van der Waals surface area contributed by atoms with E-state index in [0.29, 0.717) is 5.92 Å². The first kappa shape index (κ1) is 12.3. The van der Waals surface area contributed by atoms with Crippen LogP contribution in [0.4, 0.5) is 5.82 Å². The molecule has 0 amide bonds. The second-order valence-corrected chi connectivity index (χ2v) is 5.16. The van der Waals surface area contributed by atoms with Gasteiger partial charge in [0.05, 0.1) is 0 Å². The summed E-state index contributed by atoms with van der Waals surface area (Å²) in [5.74, 6) is 3.47. The molecule has 3 nitrogen and oxygen atoms in total. The summed E-state index contributed by atoms with van der Waals surface area (Å²) in [7, 11) is 1.93.